The van der Waals surface area contributed by atoms with Crippen molar-refractivity contribution < 1.29 is 9.50 Å². The molecule has 1 N–H and O–H groups in total. The zero-order chi connectivity index (χ0) is 17.3. The lowest BCUT2D eigenvalue weighted by Crippen LogP contribution is -2.52. The van der Waals surface area contributed by atoms with E-state index in [1.807, 2.05) is 30.3 Å². The Bertz CT molecular complexity index is 771. The van der Waals surface area contributed by atoms with Crippen molar-refractivity contribution in [1.82, 2.24) is 4.90 Å². The maximum atomic E-state index is 13.5. The van der Waals surface area contributed by atoms with Gasteiger partial charge in [0.05, 0.1) is 5.92 Å². The van der Waals surface area contributed by atoms with Crippen molar-refractivity contribution >= 4 is 33.9 Å². The molecule has 0 aromatic heterocycles. The van der Waals surface area contributed by atoms with E-state index in [2.05, 4.69) is 9.89 Å². The molecule has 4 rings (SSSR count). The number of benzene rings is 2. The Morgan fingerprint density at radius 2 is 1.73 bits per heavy atom. The summed E-state index contributed by atoms with van der Waals surface area (Å²) in [5.41, 5.74) is 0.886. The molecule has 0 radical (unpaired) electrons. The summed E-state index contributed by atoms with van der Waals surface area (Å²) in [6.07, 6.45) is 2.06. The SMILES string of the molecule is Br.OC1(C(c2ccccc2)c2ccc(F)cc2)CSC2=NCCCCN21. The largest absolute Gasteiger partial charge is 0.369 e. The van der Waals surface area contributed by atoms with Gasteiger partial charge in [0.1, 0.15) is 5.82 Å². The minimum absolute atomic E-state index is 0. The maximum absolute atomic E-state index is 13.5. The monoisotopic (exact) mass is 436 g/mol. The Labute approximate surface area is 168 Å². The van der Waals surface area contributed by atoms with Gasteiger partial charge in [0.2, 0.25) is 0 Å². The van der Waals surface area contributed by atoms with E-state index in [1.165, 1.54) is 12.1 Å². The quantitative estimate of drug-likeness (QED) is 0.772. The summed E-state index contributed by atoms with van der Waals surface area (Å²) < 4.78 is 13.5. The zero-order valence-corrected chi connectivity index (χ0v) is 16.9. The van der Waals surface area contributed by atoms with Gasteiger partial charge in [-0.2, -0.15) is 0 Å². The van der Waals surface area contributed by atoms with Crippen molar-refractivity contribution in [2.45, 2.75) is 24.5 Å². The highest BCUT2D eigenvalue weighted by molar-refractivity contribution is 8.93. The van der Waals surface area contributed by atoms with Gasteiger partial charge < -0.3 is 10.0 Å². The molecular weight excluding hydrogens is 415 g/mol. The molecule has 138 valence electrons. The first-order valence-corrected chi connectivity index (χ1v) is 9.65. The third-order valence-corrected chi connectivity index (χ3v) is 6.12. The predicted molar refractivity (Wildman–Crippen MR) is 111 cm³/mol. The molecule has 0 saturated carbocycles. The van der Waals surface area contributed by atoms with Gasteiger partial charge in [-0.1, -0.05) is 54.2 Å². The van der Waals surface area contributed by atoms with Crippen LogP contribution in [0.2, 0.25) is 0 Å². The first-order chi connectivity index (χ1) is 12.2. The number of aliphatic imine (C=N–C) groups is 1. The number of amidine groups is 1. The topological polar surface area (TPSA) is 35.8 Å². The first kappa shape index (κ1) is 19.4. The number of thioether (sulfide) groups is 1. The van der Waals surface area contributed by atoms with Gasteiger partial charge in [0.15, 0.2) is 10.9 Å². The Hall–Kier alpha value is -1.37. The molecule has 3 nitrogen and oxygen atoms in total. The van der Waals surface area contributed by atoms with Gasteiger partial charge in [-0.3, -0.25) is 4.99 Å². The summed E-state index contributed by atoms with van der Waals surface area (Å²) >= 11 is 1.62. The minimum atomic E-state index is -1.06. The fourth-order valence-electron chi connectivity index (χ4n) is 3.74. The molecule has 2 aliphatic heterocycles. The van der Waals surface area contributed by atoms with Crippen LogP contribution in [0.3, 0.4) is 0 Å². The number of halogens is 2. The Kier molecular flexibility index (Phi) is 6.05. The fourth-order valence-corrected chi connectivity index (χ4v) is 4.99. The van der Waals surface area contributed by atoms with Gasteiger partial charge in [0.25, 0.3) is 0 Å². The van der Waals surface area contributed by atoms with E-state index in [0.29, 0.717) is 5.75 Å². The van der Waals surface area contributed by atoms with Crippen LogP contribution in [0.1, 0.15) is 29.9 Å². The highest BCUT2D eigenvalue weighted by Gasteiger charge is 2.50. The van der Waals surface area contributed by atoms with E-state index in [-0.39, 0.29) is 28.7 Å². The Morgan fingerprint density at radius 3 is 2.46 bits per heavy atom. The average molecular weight is 437 g/mol. The van der Waals surface area contributed by atoms with E-state index in [4.69, 9.17) is 0 Å². The van der Waals surface area contributed by atoms with Crippen LogP contribution >= 0.6 is 28.7 Å². The van der Waals surface area contributed by atoms with Crippen molar-refractivity contribution in [3.63, 3.8) is 0 Å². The van der Waals surface area contributed by atoms with Crippen LogP contribution in [0.4, 0.5) is 4.39 Å². The molecule has 2 unspecified atom stereocenters. The van der Waals surface area contributed by atoms with Crippen molar-refractivity contribution in [3.05, 3.63) is 71.5 Å². The normalized spacial score (nSPS) is 23.5. The number of hydrogen-bond donors (Lipinski definition) is 1. The number of nitrogens with zero attached hydrogens (tertiary/aromatic N) is 2. The second-order valence-corrected chi connectivity index (χ2v) is 7.53. The van der Waals surface area contributed by atoms with Crippen molar-refractivity contribution in [1.29, 1.82) is 0 Å². The van der Waals surface area contributed by atoms with E-state index in [1.54, 1.807) is 23.9 Å². The number of rotatable bonds is 3. The number of fused-ring (bicyclic) bond motifs is 1. The molecule has 0 spiro atoms. The summed E-state index contributed by atoms with van der Waals surface area (Å²) in [6, 6.07) is 16.5. The van der Waals surface area contributed by atoms with Crippen LogP contribution in [0.15, 0.2) is 59.6 Å². The molecule has 0 amide bonds. The van der Waals surface area contributed by atoms with E-state index in [9.17, 15) is 9.50 Å². The molecule has 2 heterocycles. The summed E-state index contributed by atoms with van der Waals surface area (Å²) in [4.78, 5) is 6.71. The molecule has 2 aromatic carbocycles. The third kappa shape index (κ3) is 3.55. The van der Waals surface area contributed by atoms with E-state index >= 15 is 0 Å². The second-order valence-electron chi connectivity index (χ2n) is 6.59. The lowest BCUT2D eigenvalue weighted by atomic mass is 9.82. The number of hydrogen-bond acceptors (Lipinski definition) is 4. The summed E-state index contributed by atoms with van der Waals surface area (Å²) in [7, 11) is 0. The van der Waals surface area contributed by atoms with Gasteiger partial charge in [-0.25, -0.2) is 4.39 Å². The third-order valence-electron chi connectivity index (χ3n) is 4.95. The maximum Gasteiger partial charge on any atom is 0.161 e. The van der Waals surface area contributed by atoms with Crippen LogP contribution in [0.25, 0.3) is 0 Å². The highest BCUT2D eigenvalue weighted by atomic mass is 79.9. The standard InChI is InChI=1S/C20H21FN2OS.BrH/c21-17-10-8-16(9-11-17)18(15-6-2-1-3-7-15)20(24)14-25-19-22-12-4-5-13-23(19)20;/h1-3,6-11,18,24H,4-5,12-14H2;1H. The molecular formula is C20H22BrFN2OS. The molecule has 1 saturated heterocycles. The van der Waals surface area contributed by atoms with Crippen LogP contribution in [0.5, 0.6) is 0 Å². The zero-order valence-electron chi connectivity index (χ0n) is 14.3. The van der Waals surface area contributed by atoms with E-state index < -0.39 is 5.72 Å². The fraction of sp³-hybridized carbons (Fsp3) is 0.350. The predicted octanol–water partition coefficient (Wildman–Crippen LogP) is 4.42. The molecule has 26 heavy (non-hydrogen) atoms. The lowest BCUT2D eigenvalue weighted by molar-refractivity contribution is -0.0552. The van der Waals surface area contributed by atoms with Gasteiger partial charge in [0, 0.05) is 18.8 Å². The van der Waals surface area contributed by atoms with Gasteiger partial charge in [-0.15, -0.1) is 17.0 Å². The summed E-state index contributed by atoms with van der Waals surface area (Å²) in [6.45, 7) is 1.62. The molecule has 6 heteroatoms. The van der Waals surface area contributed by atoms with Crippen LogP contribution in [-0.2, 0) is 0 Å². The molecule has 2 atom stereocenters. The van der Waals surface area contributed by atoms with Crippen LogP contribution in [-0.4, -0.2) is 39.7 Å². The smallest absolute Gasteiger partial charge is 0.161 e. The highest BCUT2D eigenvalue weighted by Crippen LogP contribution is 2.45. The molecule has 0 aliphatic carbocycles. The van der Waals surface area contributed by atoms with Crippen molar-refractivity contribution in [2.75, 3.05) is 18.8 Å². The van der Waals surface area contributed by atoms with E-state index in [0.717, 1.165) is 42.2 Å². The molecule has 2 aromatic rings. The minimum Gasteiger partial charge on any atom is -0.369 e. The molecule has 2 aliphatic rings. The van der Waals surface area contributed by atoms with Crippen molar-refractivity contribution in [3.8, 4) is 0 Å². The summed E-state index contributed by atoms with van der Waals surface area (Å²) in [5, 5.41) is 12.7. The number of aliphatic hydroxyl groups is 1. The Morgan fingerprint density at radius 1 is 1.04 bits per heavy atom. The first-order valence-electron chi connectivity index (χ1n) is 8.66. The molecule has 1 fully saturated rings. The van der Waals surface area contributed by atoms with Crippen molar-refractivity contribution in [2.24, 2.45) is 4.99 Å². The lowest BCUT2D eigenvalue weighted by Gasteiger charge is -2.40. The summed E-state index contributed by atoms with van der Waals surface area (Å²) in [5.74, 6) is 0.0379. The van der Waals surface area contributed by atoms with Gasteiger partial charge in [-0.05, 0) is 36.1 Å². The van der Waals surface area contributed by atoms with Crippen LogP contribution in [0, 0.1) is 5.82 Å². The molecule has 0 bridgehead atoms. The average Bonchev–Trinajstić information content (AvgIpc) is 2.81. The van der Waals surface area contributed by atoms with Crippen LogP contribution < -0.4 is 0 Å². The second kappa shape index (κ2) is 8.11. The van der Waals surface area contributed by atoms with Gasteiger partial charge >= 0.3 is 0 Å². The Balaban J connectivity index is 0.00000196.